The molecule has 5 nitrogen and oxygen atoms in total. The molecule has 1 saturated carbocycles. The minimum atomic E-state index is -2.68. The Kier molecular flexibility index (Phi) is 4.72. The molecule has 0 unspecified atom stereocenters. The minimum absolute atomic E-state index is 0.278. The minimum Gasteiger partial charge on any atom is -0.371 e. The van der Waals surface area contributed by atoms with Crippen molar-refractivity contribution in [2.24, 2.45) is 5.41 Å². The monoisotopic (exact) mass is 422 g/mol. The number of benzene rings is 1. The van der Waals surface area contributed by atoms with Gasteiger partial charge in [-0.25, -0.2) is 13.8 Å². The summed E-state index contributed by atoms with van der Waals surface area (Å²) in [6.07, 6.45) is 4.92. The lowest BCUT2D eigenvalue weighted by Crippen LogP contribution is -2.56. The molecule has 3 heterocycles. The van der Waals surface area contributed by atoms with Crippen LogP contribution in [-0.2, 0) is 0 Å². The van der Waals surface area contributed by atoms with Crippen LogP contribution in [0.25, 0.3) is 0 Å². The molecule has 0 atom stereocenters. The number of anilines is 3. The molecule has 3 aliphatic rings. The molecule has 1 amide bonds. The van der Waals surface area contributed by atoms with Gasteiger partial charge in [0.25, 0.3) is 11.8 Å². The van der Waals surface area contributed by atoms with Gasteiger partial charge in [-0.1, -0.05) is 11.5 Å². The molecule has 2 aliphatic heterocycles. The number of carbonyl (C=O) groups is 1. The first-order chi connectivity index (χ1) is 14.7. The van der Waals surface area contributed by atoms with E-state index < -0.39 is 5.92 Å². The number of aromatic nitrogens is 1. The zero-order chi connectivity index (χ0) is 21.8. The lowest BCUT2D eigenvalue weighted by molar-refractivity contribution is -0.0267. The summed E-state index contributed by atoms with van der Waals surface area (Å²) < 4.78 is 26.5. The van der Waals surface area contributed by atoms with Crippen molar-refractivity contribution in [2.45, 2.75) is 38.5 Å². The Hall–Kier alpha value is -2.64. The first-order valence-corrected chi connectivity index (χ1v) is 10.8. The maximum atomic E-state index is 13.3. The quantitative estimate of drug-likeness (QED) is 0.769. The van der Waals surface area contributed by atoms with Crippen molar-refractivity contribution in [3.63, 3.8) is 0 Å². The van der Waals surface area contributed by atoms with Crippen molar-refractivity contribution in [1.29, 1.82) is 0 Å². The standard InChI is InChI=1S/C23H25BF2N4O/c1-15-10-19(27-20(11-15)30-13-23(25,26)14-30)28-21(31)17-3-2-16(24)12-18(17)29-8-6-22(4-5-22)7-9-29/h2-3,10-12H,4-9,13-14H2,1H3,(H,27,28,31). The van der Waals surface area contributed by atoms with E-state index in [1.807, 2.05) is 13.0 Å². The molecule has 31 heavy (non-hydrogen) atoms. The Morgan fingerprint density at radius 1 is 1.06 bits per heavy atom. The third kappa shape index (κ3) is 4.12. The van der Waals surface area contributed by atoms with Gasteiger partial charge in [-0.05, 0) is 67.9 Å². The van der Waals surface area contributed by atoms with Crippen molar-refractivity contribution in [2.75, 3.05) is 41.3 Å². The lowest BCUT2D eigenvalue weighted by atomic mass is 9.90. The normalized spacial score (nSPS) is 21.0. The van der Waals surface area contributed by atoms with Gasteiger partial charge >= 0.3 is 0 Å². The van der Waals surface area contributed by atoms with E-state index in [2.05, 4.69) is 15.2 Å². The molecular formula is C23H25BF2N4O. The van der Waals surface area contributed by atoms with Gasteiger partial charge in [-0.2, -0.15) is 0 Å². The SMILES string of the molecule is [B]c1ccc(C(=O)Nc2cc(C)cc(N3CC(F)(F)C3)n2)c(N2CCC3(CC2)CC3)c1. The Bertz CT molecular complexity index is 1020. The average Bonchev–Trinajstić information content (AvgIpc) is 3.45. The highest BCUT2D eigenvalue weighted by atomic mass is 19.3. The average molecular weight is 422 g/mol. The van der Waals surface area contributed by atoms with Crippen LogP contribution in [-0.4, -0.2) is 50.8 Å². The molecule has 1 aromatic carbocycles. The number of aryl methyl sites for hydroxylation is 1. The van der Waals surface area contributed by atoms with Crippen LogP contribution in [0.4, 0.5) is 26.1 Å². The van der Waals surface area contributed by atoms with E-state index in [0.29, 0.717) is 28.1 Å². The molecule has 160 valence electrons. The van der Waals surface area contributed by atoms with E-state index in [-0.39, 0.29) is 19.0 Å². The van der Waals surface area contributed by atoms with Gasteiger partial charge in [0.15, 0.2) is 0 Å². The Labute approximate surface area is 182 Å². The van der Waals surface area contributed by atoms with Gasteiger partial charge in [0.2, 0.25) is 0 Å². The highest BCUT2D eigenvalue weighted by Crippen LogP contribution is 2.54. The molecule has 2 aromatic rings. The number of hydrogen-bond donors (Lipinski definition) is 1. The lowest BCUT2D eigenvalue weighted by Gasteiger charge is -2.39. The van der Waals surface area contributed by atoms with Crippen LogP contribution in [0.15, 0.2) is 30.3 Å². The molecule has 5 rings (SSSR count). The number of halogens is 2. The summed E-state index contributed by atoms with van der Waals surface area (Å²) in [5, 5.41) is 2.86. The van der Waals surface area contributed by atoms with E-state index in [9.17, 15) is 13.6 Å². The fourth-order valence-corrected chi connectivity index (χ4v) is 4.63. The third-order valence-electron chi connectivity index (χ3n) is 6.75. The summed E-state index contributed by atoms with van der Waals surface area (Å²) in [6.45, 7) is 2.99. The van der Waals surface area contributed by atoms with Crippen LogP contribution >= 0.6 is 0 Å². The first-order valence-electron chi connectivity index (χ1n) is 10.8. The molecule has 3 fully saturated rings. The predicted molar refractivity (Wildman–Crippen MR) is 119 cm³/mol. The number of piperidine rings is 1. The number of alkyl halides is 2. The second kappa shape index (κ2) is 7.21. The van der Waals surface area contributed by atoms with Gasteiger partial charge in [-0.15, -0.1) is 0 Å². The number of hydrogen-bond acceptors (Lipinski definition) is 4. The number of nitrogens with zero attached hydrogens (tertiary/aromatic N) is 3. The van der Waals surface area contributed by atoms with Crippen LogP contribution in [0.3, 0.4) is 0 Å². The van der Waals surface area contributed by atoms with Crippen molar-refractivity contribution in [1.82, 2.24) is 4.98 Å². The second-order valence-electron chi connectivity index (χ2n) is 9.32. The Morgan fingerprint density at radius 2 is 1.77 bits per heavy atom. The van der Waals surface area contributed by atoms with Crippen LogP contribution < -0.4 is 20.6 Å². The van der Waals surface area contributed by atoms with Crippen molar-refractivity contribution in [3.05, 3.63) is 41.5 Å². The summed E-state index contributed by atoms with van der Waals surface area (Å²) in [4.78, 5) is 21.3. The molecule has 2 radical (unpaired) electrons. The number of amides is 1. The zero-order valence-electron chi connectivity index (χ0n) is 17.6. The highest BCUT2D eigenvalue weighted by Gasteiger charge is 2.45. The maximum absolute atomic E-state index is 13.3. The summed E-state index contributed by atoms with van der Waals surface area (Å²) >= 11 is 0. The van der Waals surface area contributed by atoms with E-state index in [0.717, 1.165) is 37.2 Å². The molecule has 0 bridgehead atoms. The largest absolute Gasteiger partial charge is 0.371 e. The Morgan fingerprint density at radius 3 is 2.42 bits per heavy atom. The molecule has 1 aliphatic carbocycles. The second-order valence-corrected chi connectivity index (χ2v) is 9.32. The maximum Gasteiger partial charge on any atom is 0.282 e. The van der Waals surface area contributed by atoms with Crippen molar-refractivity contribution in [3.8, 4) is 0 Å². The molecule has 1 spiro atoms. The smallest absolute Gasteiger partial charge is 0.282 e. The molecule has 1 aromatic heterocycles. The number of pyridine rings is 1. The van der Waals surface area contributed by atoms with Crippen LogP contribution in [0.1, 0.15) is 41.6 Å². The topological polar surface area (TPSA) is 48.5 Å². The fourth-order valence-electron chi connectivity index (χ4n) is 4.63. The van der Waals surface area contributed by atoms with Gasteiger partial charge in [0.05, 0.1) is 18.7 Å². The third-order valence-corrected chi connectivity index (χ3v) is 6.75. The van der Waals surface area contributed by atoms with Crippen molar-refractivity contribution < 1.29 is 13.6 Å². The summed E-state index contributed by atoms with van der Waals surface area (Å²) in [5.74, 6) is -2.15. The molecule has 2 saturated heterocycles. The van der Waals surface area contributed by atoms with Crippen LogP contribution in [0, 0.1) is 12.3 Å². The van der Waals surface area contributed by atoms with E-state index in [1.165, 1.54) is 17.7 Å². The highest BCUT2D eigenvalue weighted by molar-refractivity contribution is 6.33. The number of nitrogens with one attached hydrogen (secondary N) is 1. The predicted octanol–water partition coefficient (Wildman–Crippen LogP) is 3.27. The van der Waals surface area contributed by atoms with Gasteiger partial charge in [-0.3, -0.25) is 4.79 Å². The zero-order valence-corrected chi connectivity index (χ0v) is 17.6. The van der Waals surface area contributed by atoms with Crippen LogP contribution in [0.2, 0.25) is 0 Å². The van der Waals surface area contributed by atoms with Crippen LogP contribution in [0.5, 0.6) is 0 Å². The fraction of sp³-hybridized carbons (Fsp3) is 0.478. The Balaban J connectivity index is 1.35. The number of rotatable bonds is 4. The van der Waals surface area contributed by atoms with E-state index >= 15 is 0 Å². The first kappa shape index (κ1) is 20.3. The molecule has 1 N–H and O–H groups in total. The number of carbonyl (C=O) groups excluding carboxylic acids is 1. The summed E-state index contributed by atoms with van der Waals surface area (Å²) in [6, 6.07) is 8.82. The van der Waals surface area contributed by atoms with Gasteiger partial charge < -0.3 is 15.1 Å². The van der Waals surface area contributed by atoms with Gasteiger partial charge in [0.1, 0.15) is 19.5 Å². The summed E-state index contributed by atoms with van der Waals surface area (Å²) in [5.41, 5.74) is 3.38. The summed E-state index contributed by atoms with van der Waals surface area (Å²) in [7, 11) is 6.03. The van der Waals surface area contributed by atoms with E-state index in [4.69, 9.17) is 7.85 Å². The van der Waals surface area contributed by atoms with Gasteiger partial charge in [0, 0.05) is 18.8 Å². The van der Waals surface area contributed by atoms with E-state index in [1.54, 1.807) is 24.3 Å². The molecule has 8 heteroatoms. The molecular weight excluding hydrogens is 397 g/mol. The van der Waals surface area contributed by atoms with Crippen molar-refractivity contribution >= 4 is 36.5 Å².